The summed E-state index contributed by atoms with van der Waals surface area (Å²) in [6.07, 6.45) is 5.43. The van der Waals surface area contributed by atoms with Gasteiger partial charge in [-0.1, -0.05) is 0 Å². The van der Waals surface area contributed by atoms with E-state index in [-0.39, 0.29) is 30.0 Å². The van der Waals surface area contributed by atoms with Crippen molar-refractivity contribution in [2.24, 2.45) is 0 Å². The first-order valence-electron chi connectivity index (χ1n) is 10.3. The van der Waals surface area contributed by atoms with Crippen LogP contribution in [0.3, 0.4) is 0 Å². The summed E-state index contributed by atoms with van der Waals surface area (Å²) in [7, 11) is 0. The largest absolute Gasteiger partial charge is 0.487 e. The summed E-state index contributed by atoms with van der Waals surface area (Å²) in [5.74, 6) is 3.12. The highest BCUT2D eigenvalue weighted by Crippen LogP contribution is 2.54. The number of ether oxygens (including phenoxy) is 2. The fourth-order valence-corrected chi connectivity index (χ4v) is 4.22. The molecule has 0 spiro atoms. The van der Waals surface area contributed by atoms with Crippen molar-refractivity contribution >= 4 is 23.6 Å². The number of nitrogens with one attached hydrogen (secondary N) is 3. The van der Waals surface area contributed by atoms with E-state index in [0.29, 0.717) is 36.0 Å². The molecule has 1 saturated carbocycles. The summed E-state index contributed by atoms with van der Waals surface area (Å²) in [5, 5.41) is 8.40. The number of rotatable bonds is 4. The average Bonchev–Trinajstić information content (AvgIpc) is 3.30. The Hall–Kier alpha value is -4.21. The van der Waals surface area contributed by atoms with E-state index in [1.165, 1.54) is 6.33 Å². The number of hydrogen-bond donors (Lipinski definition) is 3. The van der Waals surface area contributed by atoms with Gasteiger partial charge in [-0.3, -0.25) is 10.1 Å². The van der Waals surface area contributed by atoms with Crippen LogP contribution in [0.1, 0.15) is 23.5 Å². The van der Waals surface area contributed by atoms with E-state index in [9.17, 15) is 9.59 Å². The van der Waals surface area contributed by atoms with Crippen molar-refractivity contribution in [1.29, 1.82) is 0 Å². The first-order valence-corrected chi connectivity index (χ1v) is 10.3. The van der Waals surface area contributed by atoms with Crippen molar-refractivity contribution in [2.75, 3.05) is 10.6 Å². The highest BCUT2D eigenvalue weighted by Gasteiger charge is 2.59. The van der Waals surface area contributed by atoms with Crippen molar-refractivity contribution in [3.63, 3.8) is 0 Å². The van der Waals surface area contributed by atoms with Gasteiger partial charge in [-0.15, -0.1) is 0 Å². The molecule has 0 radical (unpaired) electrons. The van der Waals surface area contributed by atoms with E-state index in [1.807, 2.05) is 18.2 Å². The molecule has 6 rings (SSSR count). The molecule has 1 aromatic carbocycles. The van der Waals surface area contributed by atoms with Gasteiger partial charge in [0.2, 0.25) is 5.91 Å². The van der Waals surface area contributed by atoms with Gasteiger partial charge in [0.15, 0.2) is 0 Å². The number of nitrogens with zero attached hydrogens (tertiary/aromatic N) is 3. The lowest BCUT2D eigenvalue weighted by atomic mass is 10.1. The molecule has 3 amide bonds. The molecule has 3 N–H and O–H groups in total. The zero-order valence-electron chi connectivity index (χ0n) is 16.7. The molecule has 3 aromatic rings. The molecule has 2 aromatic heterocycles. The molecule has 1 fully saturated rings. The molecular formula is C22H18N6O4. The number of carbonyl (C=O) groups is 2. The highest BCUT2D eigenvalue weighted by atomic mass is 16.5. The van der Waals surface area contributed by atoms with Gasteiger partial charge in [0.1, 0.15) is 41.3 Å². The van der Waals surface area contributed by atoms with Gasteiger partial charge in [-0.2, -0.15) is 0 Å². The zero-order chi connectivity index (χ0) is 21.7. The number of aromatic nitrogens is 3. The first-order chi connectivity index (χ1) is 15.7. The molecule has 3 aliphatic rings. The Morgan fingerprint density at radius 3 is 2.97 bits per heavy atom. The van der Waals surface area contributed by atoms with Crippen LogP contribution in [-0.4, -0.2) is 39.0 Å². The van der Waals surface area contributed by atoms with E-state index >= 15 is 0 Å². The maximum absolute atomic E-state index is 12.3. The predicted molar refractivity (Wildman–Crippen MR) is 113 cm³/mol. The number of fused-ring (bicyclic) bond motifs is 4. The summed E-state index contributed by atoms with van der Waals surface area (Å²) in [6.45, 7) is 0. The van der Waals surface area contributed by atoms with E-state index in [0.717, 1.165) is 16.9 Å². The summed E-state index contributed by atoms with van der Waals surface area (Å²) in [4.78, 5) is 35.9. The topological polar surface area (TPSA) is 127 Å². The second-order valence-electron chi connectivity index (χ2n) is 7.81. The van der Waals surface area contributed by atoms with Crippen LogP contribution in [0.4, 0.5) is 16.4 Å². The normalized spacial score (nSPS) is 21.9. The fraction of sp³-hybridized carbons (Fsp3) is 0.227. The monoisotopic (exact) mass is 430 g/mol. The van der Waals surface area contributed by atoms with Crippen LogP contribution in [0.25, 0.3) is 0 Å². The summed E-state index contributed by atoms with van der Waals surface area (Å²) in [6, 6.07) is 8.62. The van der Waals surface area contributed by atoms with Crippen molar-refractivity contribution in [2.45, 2.75) is 30.9 Å². The lowest BCUT2D eigenvalue weighted by molar-refractivity contribution is -0.116. The predicted octanol–water partition coefficient (Wildman–Crippen LogP) is 2.60. The fourth-order valence-electron chi connectivity index (χ4n) is 4.22. The van der Waals surface area contributed by atoms with Crippen LogP contribution >= 0.6 is 0 Å². The van der Waals surface area contributed by atoms with Crippen LogP contribution in [0, 0.1) is 0 Å². The van der Waals surface area contributed by atoms with Crippen molar-refractivity contribution in [3.05, 3.63) is 60.2 Å². The number of carbonyl (C=O) groups excluding carboxylic acids is 2. The van der Waals surface area contributed by atoms with Gasteiger partial charge >= 0.3 is 6.03 Å². The smallest absolute Gasteiger partial charge is 0.320 e. The Kier molecular flexibility index (Phi) is 4.17. The highest BCUT2D eigenvalue weighted by molar-refractivity contribution is 5.93. The third kappa shape index (κ3) is 3.25. The SMILES string of the molecule is O=C1CCc2c(Oc3ccc4c(c3)[C@H]3[C@H](NC(=O)Nc5ccncn5)[C@H]3O4)ccnc2N1. The van der Waals surface area contributed by atoms with Crippen molar-refractivity contribution < 1.29 is 19.1 Å². The van der Waals surface area contributed by atoms with Crippen LogP contribution in [0.15, 0.2) is 49.1 Å². The molecule has 10 heteroatoms. The average molecular weight is 430 g/mol. The van der Waals surface area contributed by atoms with Crippen LogP contribution in [-0.2, 0) is 11.2 Å². The first kappa shape index (κ1) is 18.6. The number of hydrogen-bond acceptors (Lipinski definition) is 7. The zero-order valence-corrected chi connectivity index (χ0v) is 16.7. The summed E-state index contributed by atoms with van der Waals surface area (Å²) >= 11 is 0. The molecule has 2 aliphatic heterocycles. The van der Waals surface area contributed by atoms with Gasteiger partial charge in [0.05, 0.1) is 12.0 Å². The summed E-state index contributed by atoms with van der Waals surface area (Å²) in [5.41, 5.74) is 1.88. The summed E-state index contributed by atoms with van der Waals surface area (Å²) < 4.78 is 12.1. The maximum Gasteiger partial charge on any atom is 0.320 e. The molecular weight excluding hydrogens is 412 g/mol. The van der Waals surface area contributed by atoms with Gasteiger partial charge in [-0.05, 0) is 36.8 Å². The Morgan fingerprint density at radius 1 is 1.16 bits per heavy atom. The minimum Gasteiger partial charge on any atom is -0.487 e. The number of amides is 3. The third-order valence-electron chi connectivity index (χ3n) is 5.78. The Balaban J connectivity index is 1.16. The number of pyridine rings is 1. The molecule has 160 valence electrons. The van der Waals surface area contributed by atoms with Crippen LogP contribution < -0.4 is 25.4 Å². The number of benzene rings is 1. The Labute approximate surface area is 182 Å². The van der Waals surface area contributed by atoms with E-state index < -0.39 is 0 Å². The van der Waals surface area contributed by atoms with Gasteiger partial charge in [-0.25, -0.2) is 19.7 Å². The van der Waals surface area contributed by atoms with E-state index in [1.54, 1.807) is 24.5 Å². The van der Waals surface area contributed by atoms with Crippen molar-refractivity contribution in [1.82, 2.24) is 20.3 Å². The minimum absolute atomic E-state index is 0.0427. The lowest BCUT2D eigenvalue weighted by Crippen LogP contribution is -2.34. The molecule has 3 atom stereocenters. The minimum atomic E-state index is -0.342. The molecule has 0 unspecified atom stereocenters. The van der Waals surface area contributed by atoms with E-state index in [2.05, 4.69) is 30.9 Å². The van der Waals surface area contributed by atoms with Crippen LogP contribution in [0.2, 0.25) is 0 Å². The quantitative estimate of drug-likeness (QED) is 0.580. The van der Waals surface area contributed by atoms with Gasteiger partial charge in [0, 0.05) is 29.9 Å². The maximum atomic E-state index is 12.3. The van der Waals surface area contributed by atoms with Crippen LogP contribution in [0.5, 0.6) is 17.2 Å². The third-order valence-corrected chi connectivity index (χ3v) is 5.78. The Morgan fingerprint density at radius 2 is 2.09 bits per heavy atom. The molecule has 1 aliphatic carbocycles. The van der Waals surface area contributed by atoms with Gasteiger partial charge in [0.25, 0.3) is 0 Å². The standard InChI is InChI=1S/C22H18N6O4/c29-17-4-2-12-15(5-8-24-21(12)27-17)31-11-1-3-14-13(9-11)18-19(20(18)32-14)28-22(30)26-16-6-7-23-10-25-16/h1,3,5-10,18-20H,2,4H2,(H,24,27,29)(H2,23,25,26,28,30)/t18-,19-,20-/m0/s1. The molecule has 10 nitrogen and oxygen atoms in total. The Bertz CT molecular complexity index is 1230. The number of urea groups is 1. The molecule has 4 heterocycles. The second kappa shape index (κ2) is 7.19. The van der Waals surface area contributed by atoms with E-state index in [4.69, 9.17) is 9.47 Å². The number of anilines is 2. The molecule has 0 bridgehead atoms. The molecule has 32 heavy (non-hydrogen) atoms. The van der Waals surface area contributed by atoms with Gasteiger partial charge < -0.3 is 20.1 Å². The van der Waals surface area contributed by atoms with Crippen molar-refractivity contribution in [3.8, 4) is 17.2 Å². The molecule has 0 saturated heterocycles. The second-order valence-corrected chi connectivity index (χ2v) is 7.81. The lowest BCUT2D eigenvalue weighted by Gasteiger charge is -2.19.